The number of hydrogen-bond acceptors (Lipinski definition) is 5. The SMILES string of the molecule is CCn1cnc(S(C)(=O)=O)c1C(=O)OC. The zero-order valence-electron chi connectivity index (χ0n) is 8.72. The van der Waals surface area contributed by atoms with Crippen molar-refractivity contribution < 1.29 is 17.9 Å². The summed E-state index contributed by atoms with van der Waals surface area (Å²) in [6.45, 7) is 2.23. The number of rotatable bonds is 3. The molecule has 1 heterocycles. The van der Waals surface area contributed by atoms with Crippen LogP contribution in [0.1, 0.15) is 17.4 Å². The smallest absolute Gasteiger partial charge is 0.357 e. The van der Waals surface area contributed by atoms with E-state index in [9.17, 15) is 13.2 Å². The average molecular weight is 232 g/mol. The normalized spacial score (nSPS) is 11.4. The molecule has 0 unspecified atom stereocenters. The average Bonchev–Trinajstić information content (AvgIpc) is 2.59. The van der Waals surface area contributed by atoms with E-state index < -0.39 is 15.8 Å². The van der Waals surface area contributed by atoms with Gasteiger partial charge in [0, 0.05) is 12.8 Å². The lowest BCUT2D eigenvalue weighted by Gasteiger charge is -2.04. The molecule has 0 saturated carbocycles. The van der Waals surface area contributed by atoms with Gasteiger partial charge in [0.05, 0.1) is 13.4 Å². The van der Waals surface area contributed by atoms with Crippen molar-refractivity contribution in [3.63, 3.8) is 0 Å². The van der Waals surface area contributed by atoms with Crippen molar-refractivity contribution in [2.24, 2.45) is 0 Å². The maximum atomic E-state index is 11.4. The van der Waals surface area contributed by atoms with Crippen LogP contribution in [0.4, 0.5) is 0 Å². The van der Waals surface area contributed by atoms with Crippen molar-refractivity contribution in [2.75, 3.05) is 13.4 Å². The molecule has 0 atom stereocenters. The molecule has 0 aliphatic carbocycles. The first-order valence-corrected chi connectivity index (χ1v) is 6.14. The Morgan fingerprint density at radius 1 is 1.60 bits per heavy atom. The van der Waals surface area contributed by atoms with Crippen LogP contribution in [0, 0.1) is 0 Å². The van der Waals surface area contributed by atoms with Crippen LogP contribution in [-0.4, -0.2) is 37.3 Å². The highest BCUT2D eigenvalue weighted by atomic mass is 32.2. The number of esters is 1. The van der Waals surface area contributed by atoms with Crippen LogP contribution in [0.15, 0.2) is 11.4 Å². The van der Waals surface area contributed by atoms with Crippen LogP contribution in [0.2, 0.25) is 0 Å². The second-order valence-corrected chi connectivity index (χ2v) is 4.88. The second kappa shape index (κ2) is 4.01. The van der Waals surface area contributed by atoms with Gasteiger partial charge in [0.25, 0.3) is 0 Å². The van der Waals surface area contributed by atoms with E-state index in [0.29, 0.717) is 6.54 Å². The number of nitrogens with zero attached hydrogens (tertiary/aromatic N) is 2. The van der Waals surface area contributed by atoms with E-state index in [1.807, 2.05) is 0 Å². The minimum absolute atomic E-state index is 0.0255. The number of imidazole rings is 1. The van der Waals surface area contributed by atoms with Gasteiger partial charge in [-0.3, -0.25) is 0 Å². The molecular formula is C8H12N2O4S. The lowest BCUT2D eigenvalue weighted by Crippen LogP contribution is -2.14. The van der Waals surface area contributed by atoms with Gasteiger partial charge in [0.15, 0.2) is 20.6 Å². The van der Waals surface area contributed by atoms with Crippen molar-refractivity contribution in [3.8, 4) is 0 Å². The maximum absolute atomic E-state index is 11.4. The van der Waals surface area contributed by atoms with Gasteiger partial charge in [-0.05, 0) is 6.92 Å². The fourth-order valence-electron chi connectivity index (χ4n) is 1.18. The number of methoxy groups -OCH3 is 1. The minimum atomic E-state index is -3.51. The van der Waals surface area contributed by atoms with Crippen molar-refractivity contribution in [2.45, 2.75) is 18.5 Å². The summed E-state index contributed by atoms with van der Waals surface area (Å²) in [4.78, 5) is 15.1. The molecule has 0 aliphatic heterocycles. The maximum Gasteiger partial charge on any atom is 0.357 e. The highest BCUT2D eigenvalue weighted by Gasteiger charge is 2.25. The Kier molecular flexibility index (Phi) is 3.13. The number of carbonyl (C=O) groups excluding carboxylic acids is 1. The first-order valence-electron chi connectivity index (χ1n) is 4.25. The van der Waals surface area contributed by atoms with Crippen molar-refractivity contribution in [1.29, 1.82) is 0 Å². The Labute approximate surface area is 87.8 Å². The van der Waals surface area contributed by atoms with Gasteiger partial charge in [-0.2, -0.15) is 0 Å². The topological polar surface area (TPSA) is 78.3 Å². The molecule has 0 radical (unpaired) electrons. The molecule has 6 nitrogen and oxygen atoms in total. The third-order valence-corrected chi connectivity index (χ3v) is 2.88. The largest absolute Gasteiger partial charge is 0.464 e. The minimum Gasteiger partial charge on any atom is -0.464 e. The fraction of sp³-hybridized carbons (Fsp3) is 0.500. The molecule has 84 valence electrons. The molecule has 7 heteroatoms. The van der Waals surface area contributed by atoms with Crippen LogP contribution in [-0.2, 0) is 21.1 Å². The van der Waals surface area contributed by atoms with Gasteiger partial charge in [0.1, 0.15) is 0 Å². The Morgan fingerprint density at radius 3 is 2.60 bits per heavy atom. The van der Waals surface area contributed by atoms with Crippen molar-refractivity contribution in [1.82, 2.24) is 9.55 Å². The van der Waals surface area contributed by atoms with Crippen LogP contribution < -0.4 is 0 Å². The number of aromatic nitrogens is 2. The summed E-state index contributed by atoms with van der Waals surface area (Å²) in [6, 6.07) is 0. The summed E-state index contributed by atoms with van der Waals surface area (Å²) in [5, 5.41) is -0.240. The van der Waals surface area contributed by atoms with Gasteiger partial charge in [-0.25, -0.2) is 18.2 Å². The standard InChI is InChI=1S/C8H12N2O4S/c1-4-10-5-9-7(15(3,12)13)6(10)8(11)14-2/h5H,4H2,1-3H3. The predicted octanol–water partition coefficient (Wildman–Crippen LogP) is 0.0931. The van der Waals surface area contributed by atoms with Gasteiger partial charge >= 0.3 is 5.97 Å². The number of sulfone groups is 1. The van der Waals surface area contributed by atoms with E-state index in [2.05, 4.69) is 9.72 Å². The number of hydrogen-bond donors (Lipinski definition) is 0. The lowest BCUT2D eigenvalue weighted by atomic mass is 10.4. The fourth-order valence-corrected chi connectivity index (χ4v) is 1.97. The molecule has 0 aliphatic rings. The molecule has 0 bridgehead atoms. The van der Waals surface area contributed by atoms with Crippen molar-refractivity contribution in [3.05, 3.63) is 12.0 Å². The molecule has 15 heavy (non-hydrogen) atoms. The quantitative estimate of drug-likeness (QED) is 0.690. The van der Waals surface area contributed by atoms with Crippen LogP contribution in [0.5, 0.6) is 0 Å². The van der Waals surface area contributed by atoms with E-state index >= 15 is 0 Å². The summed E-state index contributed by atoms with van der Waals surface area (Å²) in [5.41, 5.74) is -0.0255. The van der Waals surface area contributed by atoms with Crippen LogP contribution in [0.3, 0.4) is 0 Å². The summed E-state index contributed by atoms with van der Waals surface area (Å²) in [6.07, 6.45) is 2.31. The zero-order chi connectivity index (χ0) is 11.6. The molecule has 0 aromatic carbocycles. The summed E-state index contributed by atoms with van der Waals surface area (Å²) in [7, 11) is -2.31. The Balaban J connectivity index is 3.43. The summed E-state index contributed by atoms with van der Waals surface area (Å²) >= 11 is 0. The van der Waals surface area contributed by atoms with Gasteiger partial charge in [-0.15, -0.1) is 0 Å². The molecular weight excluding hydrogens is 220 g/mol. The highest BCUT2D eigenvalue weighted by molar-refractivity contribution is 7.90. The molecule has 0 spiro atoms. The van der Waals surface area contributed by atoms with E-state index in [1.54, 1.807) is 6.92 Å². The Hall–Kier alpha value is -1.37. The monoisotopic (exact) mass is 232 g/mol. The van der Waals surface area contributed by atoms with Gasteiger partial charge < -0.3 is 9.30 Å². The highest BCUT2D eigenvalue weighted by Crippen LogP contribution is 2.14. The molecule has 0 N–H and O–H groups in total. The van der Waals surface area contributed by atoms with Crippen LogP contribution >= 0.6 is 0 Å². The van der Waals surface area contributed by atoms with E-state index in [-0.39, 0.29) is 10.7 Å². The molecule has 1 rings (SSSR count). The summed E-state index contributed by atoms with van der Waals surface area (Å²) in [5.74, 6) is -0.699. The first kappa shape index (κ1) is 11.7. The molecule has 1 aromatic rings. The van der Waals surface area contributed by atoms with Gasteiger partial charge in [0.2, 0.25) is 0 Å². The van der Waals surface area contributed by atoms with Crippen molar-refractivity contribution >= 4 is 15.8 Å². The Morgan fingerprint density at radius 2 is 2.20 bits per heavy atom. The second-order valence-electron chi connectivity index (χ2n) is 2.95. The molecule has 1 aromatic heterocycles. The molecule has 0 fully saturated rings. The van der Waals surface area contributed by atoms with E-state index in [1.165, 1.54) is 18.0 Å². The summed E-state index contributed by atoms with van der Waals surface area (Å²) < 4.78 is 28.6. The Bertz CT molecular complexity index is 475. The molecule has 0 amide bonds. The third kappa shape index (κ3) is 2.17. The van der Waals surface area contributed by atoms with E-state index in [0.717, 1.165) is 6.26 Å². The first-order chi connectivity index (χ1) is 6.91. The van der Waals surface area contributed by atoms with E-state index in [4.69, 9.17) is 0 Å². The third-order valence-electron chi connectivity index (χ3n) is 1.87. The van der Waals surface area contributed by atoms with Gasteiger partial charge in [-0.1, -0.05) is 0 Å². The molecule has 0 saturated heterocycles. The predicted molar refractivity (Wildman–Crippen MR) is 52.4 cm³/mol. The lowest BCUT2D eigenvalue weighted by molar-refractivity contribution is 0.0583. The van der Waals surface area contributed by atoms with Crippen LogP contribution in [0.25, 0.3) is 0 Å². The number of carbonyl (C=O) groups is 1. The number of ether oxygens (including phenoxy) is 1. The number of aryl methyl sites for hydroxylation is 1. The zero-order valence-corrected chi connectivity index (χ0v) is 9.54.